The third-order valence-electron chi connectivity index (χ3n) is 4.09. The fourth-order valence-corrected chi connectivity index (χ4v) is 3.09. The molecular weight excluding hydrogens is 361 g/mol. The zero-order valence-electron chi connectivity index (χ0n) is 14.1. The Bertz CT molecular complexity index is 791. The highest BCUT2D eigenvalue weighted by Crippen LogP contribution is 2.31. The van der Waals surface area contributed by atoms with E-state index in [1.807, 2.05) is 30.0 Å². The molecule has 0 spiro atoms. The third kappa shape index (κ3) is 4.14. The van der Waals surface area contributed by atoms with E-state index in [1.165, 1.54) is 0 Å². The molecule has 0 bridgehead atoms. The molecule has 0 aliphatic carbocycles. The van der Waals surface area contributed by atoms with Gasteiger partial charge in [-0.05, 0) is 19.1 Å². The molecule has 1 aliphatic heterocycles. The Balaban J connectivity index is 1.79. The zero-order valence-corrected chi connectivity index (χ0v) is 15.6. The summed E-state index contributed by atoms with van der Waals surface area (Å²) < 4.78 is 0. The van der Waals surface area contributed by atoms with E-state index in [0.717, 1.165) is 24.6 Å². The van der Waals surface area contributed by atoms with Crippen LogP contribution in [-0.2, 0) is 4.79 Å². The van der Waals surface area contributed by atoms with E-state index in [-0.39, 0.29) is 5.91 Å². The smallest absolute Gasteiger partial charge is 0.229 e. The number of halogens is 2. The number of carbonyl (C=O) groups is 1. The van der Waals surface area contributed by atoms with Crippen molar-refractivity contribution in [2.24, 2.45) is 0 Å². The molecule has 0 saturated carbocycles. The van der Waals surface area contributed by atoms with Crippen molar-refractivity contribution in [3.63, 3.8) is 0 Å². The average Bonchev–Trinajstić information content (AvgIpc) is 2.58. The summed E-state index contributed by atoms with van der Waals surface area (Å²) in [5, 5.41) is 4.04. The van der Waals surface area contributed by atoms with Gasteiger partial charge in [0.15, 0.2) is 0 Å². The standard InChI is InChI=1S/C17H19Cl2N5O/c1-11-10-15(24-8-6-23(7-9-24)12(2)25)22-17(20-11)21-14-5-3-4-13(18)16(14)19/h3-5,10H,6-9H2,1-2H3,(H,20,21,22). The minimum absolute atomic E-state index is 0.108. The fourth-order valence-electron chi connectivity index (χ4n) is 2.74. The number of benzene rings is 1. The molecule has 132 valence electrons. The number of amides is 1. The monoisotopic (exact) mass is 379 g/mol. The average molecular weight is 380 g/mol. The van der Waals surface area contributed by atoms with Crippen molar-refractivity contribution in [3.8, 4) is 0 Å². The van der Waals surface area contributed by atoms with Gasteiger partial charge in [-0.15, -0.1) is 0 Å². The molecule has 25 heavy (non-hydrogen) atoms. The Morgan fingerprint density at radius 1 is 1.16 bits per heavy atom. The van der Waals surface area contributed by atoms with Crippen LogP contribution < -0.4 is 10.2 Å². The zero-order chi connectivity index (χ0) is 18.0. The van der Waals surface area contributed by atoms with Gasteiger partial charge in [0.25, 0.3) is 0 Å². The number of hydrogen-bond donors (Lipinski definition) is 1. The molecule has 1 N–H and O–H groups in total. The first kappa shape index (κ1) is 17.8. The van der Waals surface area contributed by atoms with E-state index in [1.54, 1.807) is 13.0 Å². The van der Waals surface area contributed by atoms with Crippen molar-refractivity contribution >= 4 is 46.6 Å². The molecule has 8 heteroatoms. The quantitative estimate of drug-likeness (QED) is 0.883. The second kappa shape index (κ2) is 7.45. The van der Waals surface area contributed by atoms with Gasteiger partial charge in [0, 0.05) is 44.9 Å². The molecule has 0 unspecified atom stereocenters. The van der Waals surface area contributed by atoms with E-state index in [2.05, 4.69) is 20.2 Å². The number of rotatable bonds is 3. The van der Waals surface area contributed by atoms with Crippen LogP contribution in [0.25, 0.3) is 0 Å². The SMILES string of the molecule is CC(=O)N1CCN(c2cc(C)nc(Nc3cccc(Cl)c3Cl)n2)CC1. The number of anilines is 3. The summed E-state index contributed by atoms with van der Waals surface area (Å²) in [7, 11) is 0. The molecule has 1 aromatic heterocycles. The summed E-state index contributed by atoms with van der Waals surface area (Å²) in [5.41, 5.74) is 1.51. The topological polar surface area (TPSA) is 61.4 Å². The molecule has 2 aromatic rings. The summed E-state index contributed by atoms with van der Waals surface area (Å²) in [4.78, 5) is 24.5. The van der Waals surface area contributed by atoms with Gasteiger partial charge in [-0.25, -0.2) is 4.98 Å². The van der Waals surface area contributed by atoms with Gasteiger partial charge in [0.2, 0.25) is 11.9 Å². The van der Waals surface area contributed by atoms with Gasteiger partial charge in [-0.1, -0.05) is 29.3 Å². The van der Waals surface area contributed by atoms with Crippen molar-refractivity contribution in [2.45, 2.75) is 13.8 Å². The van der Waals surface area contributed by atoms with Crippen LogP contribution >= 0.6 is 23.2 Å². The third-order valence-corrected chi connectivity index (χ3v) is 4.91. The van der Waals surface area contributed by atoms with E-state index in [4.69, 9.17) is 23.2 Å². The van der Waals surface area contributed by atoms with Crippen LogP contribution in [0.1, 0.15) is 12.6 Å². The van der Waals surface area contributed by atoms with Crippen LogP contribution in [0.2, 0.25) is 10.0 Å². The van der Waals surface area contributed by atoms with Gasteiger partial charge in [-0.3, -0.25) is 4.79 Å². The van der Waals surface area contributed by atoms with Crippen LogP contribution in [0, 0.1) is 6.92 Å². The Morgan fingerprint density at radius 3 is 2.56 bits per heavy atom. The number of hydrogen-bond acceptors (Lipinski definition) is 5. The highest BCUT2D eigenvalue weighted by Gasteiger charge is 2.20. The summed E-state index contributed by atoms with van der Waals surface area (Å²) in [6.45, 7) is 6.40. The van der Waals surface area contributed by atoms with Crippen LogP contribution in [0.4, 0.5) is 17.5 Å². The largest absolute Gasteiger partial charge is 0.353 e. The molecule has 1 amide bonds. The van der Waals surface area contributed by atoms with E-state index < -0.39 is 0 Å². The minimum atomic E-state index is 0.108. The normalized spacial score (nSPS) is 14.6. The molecule has 0 atom stereocenters. The number of nitrogens with zero attached hydrogens (tertiary/aromatic N) is 4. The highest BCUT2D eigenvalue weighted by molar-refractivity contribution is 6.43. The fraction of sp³-hybridized carbons (Fsp3) is 0.353. The van der Waals surface area contributed by atoms with Crippen LogP contribution in [0.15, 0.2) is 24.3 Å². The van der Waals surface area contributed by atoms with Crippen LogP contribution in [-0.4, -0.2) is 47.0 Å². The maximum atomic E-state index is 11.5. The van der Waals surface area contributed by atoms with E-state index in [0.29, 0.717) is 34.8 Å². The lowest BCUT2D eigenvalue weighted by atomic mass is 10.3. The van der Waals surface area contributed by atoms with Crippen molar-refractivity contribution in [2.75, 3.05) is 36.4 Å². The molecule has 3 rings (SSSR count). The van der Waals surface area contributed by atoms with E-state index in [9.17, 15) is 4.79 Å². The van der Waals surface area contributed by atoms with Gasteiger partial charge in [0.1, 0.15) is 5.82 Å². The van der Waals surface area contributed by atoms with Crippen molar-refractivity contribution < 1.29 is 4.79 Å². The van der Waals surface area contributed by atoms with Gasteiger partial charge < -0.3 is 15.1 Å². The number of aryl methyl sites for hydroxylation is 1. The number of piperazine rings is 1. The Kier molecular flexibility index (Phi) is 5.30. The first-order valence-electron chi connectivity index (χ1n) is 8.01. The molecule has 1 aromatic carbocycles. The van der Waals surface area contributed by atoms with Crippen molar-refractivity contribution in [1.82, 2.24) is 14.9 Å². The maximum Gasteiger partial charge on any atom is 0.229 e. The Hall–Kier alpha value is -2.05. The number of nitrogens with one attached hydrogen (secondary N) is 1. The lowest BCUT2D eigenvalue weighted by Gasteiger charge is -2.35. The van der Waals surface area contributed by atoms with Gasteiger partial charge >= 0.3 is 0 Å². The molecule has 6 nitrogen and oxygen atoms in total. The first-order chi connectivity index (χ1) is 11.9. The summed E-state index contributed by atoms with van der Waals surface area (Å²) in [6.07, 6.45) is 0. The molecule has 1 fully saturated rings. The van der Waals surface area contributed by atoms with Crippen molar-refractivity contribution in [3.05, 3.63) is 40.0 Å². The first-order valence-corrected chi connectivity index (χ1v) is 8.77. The molecule has 0 radical (unpaired) electrons. The van der Waals surface area contributed by atoms with Gasteiger partial charge in [-0.2, -0.15) is 4.98 Å². The maximum absolute atomic E-state index is 11.5. The molecule has 1 saturated heterocycles. The highest BCUT2D eigenvalue weighted by atomic mass is 35.5. The van der Waals surface area contributed by atoms with Crippen LogP contribution in [0.5, 0.6) is 0 Å². The number of carbonyl (C=O) groups excluding carboxylic acids is 1. The van der Waals surface area contributed by atoms with Gasteiger partial charge in [0.05, 0.1) is 15.7 Å². The van der Waals surface area contributed by atoms with Crippen LogP contribution in [0.3, 0.4) is 0 Å². The predicted molar refractivity (Wildman–Crippen MR) is 101 cm³/mol. The lowest BCUT2D eigenvalue weighted by Crippen LogP contribution is -2.48. The second-order valence-electron chi connectivity index (χ2n) is 5.91. The molecular formula is C17H19Cl2N5O. The van der Waals surface area contributed by atoms with E-state index >= 15 is 0 Å². The summed E-state index contributed by atoms with van der Waals surface area (Å²) in [6, 6.07) is 7.31. The van der Waals surface area contributed by atoms with Crippen molar-refractivity contribution in [1.29, 1.82) is 0 Å². The lowest BCUT2D eigenvalue weighted by molar-refractivity contribution is -0.129. The minimum Gasteiger partial charge on any atom is -0.353 e. The predicted octanol–water partition coefficient (Wildman–Crippen LogP) is 3.50. The molecule has 2 heterocycles. The summed E-state index contributed by atoms with van der Waals surface area (Å²) >= 11 is 12.3. The molecule has 1 aliphatic rings. The Morgan fingerprint density at radius 2 is 1.88 bits per heavy atom. The summed E-state index contributed by atoms with van der Waals surface area (Å²) in [5.74, 6) is 1.40. The Labute approximate surface area is 156 Å². The second-order valence-corrected chi connectivity index (χ2v) is 6.70. The number of aromatic nitrogens is 2.